The van der Waals surface area contributed by atoms with Crippen molar-refractivity contribution in [3.05, 3.63) is 23.3 Å². The van der Waals surface area contributed by atoms with Crippen LogP contribution in [0.2, 0.25) is 0 Å². The van der Waals surface area contributed by atoms with Crippen molar-refractivity contribution in [3.8, 4) is 0 Å². The fourth-order valence-electron chi connectivity index (χ4n) is 2.35. The van der Waals surface area contributed by atoms with E-state index in [1.54, 1.807) is 0 Å². The predicted octanol–water partition coefficient (Wildman–Crippen LogP) is 2.53. The zero-order valence-electron chi connectivity index (χ0n) is 9.76. The lowest BCUT2D eigenvalue weighted by Gasteiger charge is -2.02. The van der Waals surface area contributed by atoms with E-state index >= 15 is 0 Å². The average Bonchev–Trinajstić information content (AvgIpc) is 2.98. The third-order valence-electron chi connectivity index (χ3n) is 3.22. The Morgan fingerprint density at radius 1 is 0.778 bits per heavy atom. The fourth-order valence-corrected chi connectivity index (χ4v) is 2.35. The van der Waals surface area contributed by atoms with Crippen LogP contribution in [0.4, 0.5) is 0 Å². The minimum atomic E-state index is 0.673. The van der Waals surface area contributed by atoms with Gasteiger partial charge in [-0.2, -0.15) is 0 Å². The molecular formula is C12H8N4O2. The summed E-state index contributed by atoms with van der Waals surface area (Å²) in [4.78, 5) is 0. The maximum Gasteiger partial charge on any atom is 0.195 e. The highest BCUT2D eigenvalue weighted by Crippen LogP contribution is 2.33. The van der Waals surface area contributed by atoms with Gasteiger partial charge >= 0.3 is 0 Å². The van der Waals surface area contributed by atoms with Gasteiger partial charge in [-0.15, -0.1) is 10.2 Å². The van der Waals surface area contributed by atoms with Crippen LogP contribution >= 0.6 is 0 Å². The first-order valence-corrected chi connectivity index (χ1v) is 5.53. The topological polar surface area (TPSA) is 77.8 Å². The molecule has 0 radical (unpaired) electrons. The van der Waals surface area contributed by atoms with Crippen molar-refractivity contribution in [2.75, 3.05) is 0 Å². The van der Waals surface area contributed by atoms with Crippen LogP contribution in [0.5, 0.6) is 0 Å². The Balaban J connectivity index is 2.40. The standard InChI is InChI=1S/C12H8N4O2/c1-5-3-7-8(11-9(5)13-15-17-11)4-6(2)10-12(7)18-16-14-10/h3-4H,1-2H3. The van der Waals surface area contributed by atoms with Crippen molar-refractivity contribution in [3.63, 3.8) is 0 Å². The van der Waals surface area contributed by atoms with E-state index in [-0.39, 0.29) is 0 Å². The van der Waals surface area contributed by atoms with Gasteiger partial charge in [0.25, 0.3) is 0 Å². The molecule has 0 saturated heterocycles. The first-order valence-electron chi connectivity index (χ1n) is 5.53. The van der Waals surface area contributed by atoms with Gasteiger partial charge in [0, 0.05) is 21.3 Å². The number of hydrogen-bond acceptors (Lipinski definition) is 6. The molecule has 0 spiro atoms. The molecule has 2 heterocycles. The highest BCUT2D eigenvalue weighted by Gasteiger charge is 2.16. The molecule has 6 nitrogen and oxygen atoms in total. The Morgan fingerprint density at radius 2 is 1.22 bits per heavy atom. The molecule has 6 heteroatoms. The molecule has 0 aliphatic heterocycles. The molecule has 0 N–H and O–H groups in total. The number of fused-ring (bicyclic) bond motifs is 5. The summed E-state index contributed by atoms with van der Waals surface area (Å²) >= 11 is 0. The SMILES string of the molecule is Cc1cc2c(cc(C)c3nnoc32)c2onnc12. The average molecular weight is 240 g/mol. The summed E-state index contributed by atoms with van der Waals surface area (Å²) in [5.74, 6) is 0. The van der Waals surface area contributed by atoms with Crippen LogP contribution in [0.15, 0.2) is 21.2 Å². The predicted molar refractivity (Wildman–Crippen MR) is 64.1 cm³/mol. The monoisotopic (exact) mass is 240 g/mol. The Hall–Kier alpha value is -2.50. The summed E-state index contributed by atoms with van der Waals surface area (Å²) in [6.45, 7) is 3.92. The largest absolute Gasteiger partial charge is 0.336 e. The van der Waals surface area contributed by atoms with Crippen LogP contribution in [0.25, 0.3) is 33.0 Å². The first-order chi connectivity index (χ1) is 8.75. The number of aromatic nitrogens is 4. The maximum absolute atomic E-state index is 5.25. The fraction of sp³-hybridized carbons (Fsp3) is 0.167. The van der Waals surface area contributed by atoms with Crippen molar-refractivity contribution < 1.29 is 9.05 Å². The summed E-state index contributed by atoms with van der Waals surface area (Å²) in [5, 5.41) is 17.1. The summed E-state index contributed by atoms with van der Waals surface area (Å²) in [5.41, 5.74) is 4.86. The van der Waals surface area contributed by atoms with Crippen LogP contribution < -0.4 is 0 Å². The number of aryl methyl sites for hydroxylation is 2. The van der Waals surface area contributed by atoms with Crippen LogP contribution in [0.1, 0.15) is 11.1 Å². The molecule has 0 bridgehead atoms. The highest BCUT2D eigenvalue weighted by molar-refractivity contribution is 6.13. The summed E-state index contributed by atoms with van der Waals surface area (Å²) < 4.78 is 10.5. The molecular weight excluding hydrogens is 232 g/mol. The van der Waals surface area contributed by atoms with Gasteiger partial charge in [-0.3, -0.25) is 0 Å². The molecule has 0 saturated carbocycles. The molecule has 88 valence electrons. The van der Waals surface area contributed by atoms with Crippen LogP contribution in [0.3, 0.4) is 0 Å². The molecule has 4 rings (SSSR count). The molecule has 0 fully saturated rings. The summed E-state index contributed by atoms with van der Waals surface area (Å²) in [6, 6.07) is 3.99. The molecule has 0 aliphatic rings. The molecule has 2 aromatic carbocycles. The summed E-state index contributed by atoms with van der Waals surface area (Å²) in [6.07, 6.45) is 0. The summed E-state index contributed by atoms with van der Waals surface area (Å²) in [7, 11) is 0. The first kappa shape index (κ1) is 9.52. The van der Waals surface area contributed by atoms with Gasteiger partial charge in [-0.25, -0.2) is 0 Å². The number of hydrogen-bond donors (Lipinski definition) is 0. The van der Waals surface area contributed by atoms with E-state index in [4.69, 9.17) is 9.05 Å². The van der Waals surface area contributed by atoms with Crippen LogP contribution in [0, 0.1) is 13.8 Å². The lowest BCUT2D eigenvalue weighted by atomic mass is 10.0. The minimum absolute atomic E-state index is 0.673. The molecule has 4 aromatic rings. The van der Waals surface area contributed by atoms with E-state index in [1.165, 1.54) is 0 Å². The van der Waals surface area contributed by atoms with Gasteiger partial charge < -0.3 is 9.05 Å². The van der Waals surface area contributed by atoms with E-state index in [2.05, 4.69) is 20.7 Å². The Morgan fingerprint density at radius 3 is 1.67 bits per heavy atom. The highest BCUT2D eigenvalue weighted by atomic mass is 16.5. The van der Waals surface area contributed by atoms with Crippen LogP contribution in [-0.4, -0.2) is 20.7 Å². The number of nitrogens with zero attached hydrogens (tertiary/aromatic N) is 4. The molecule has 2 aromatic heterocycles. The van der Waals surface area contributed by atoms with Crippen molar-refractivity contribution in [1.29, 1.82) is 0 Å². The molecule has 0 atom stereocenters. The smallest absolute Gasteiger partial charge is 0.195 e. The van der Waals surface area contributed by atoms with Crippen molar-refractivity contribution >= 4 is 33.0 Å². The second-order valence-electron chi connectivity index (χ2n) is 4.38. The molecule has 0 unspecified atom stereocenters. The normalized spacial score (nSPS) is 11.9. The lowest BCUT2D eigenvalue weighted by Crippen LogP contribution is -1.84. The van der Waals surface area contributed by atoms with Gasteiger partial charge in [0.05, 0.1) is 0 Å². The number of benzene rings is 2. The number of rotatable bonds is 0. The van der Waals surface area contributed by atoms with E-state index in [0.717, 1.165) is 32.9 Å². The van der Waals surface area contributed by atoms with Gasteiger partial charge in [0.2, 0.25) is 0 Å². The third-order valence-corrected chi connectivity index (χ3v) is 3.22. The van der Waals surface area contributed by atoms with E-state index in [1.807, 2.05) is 26.0 Å². The Labute approximate surface area is 101 Å². The van der Waals surface area contributed by atoms with Crippen molar-refractivity contribution in [2.45, 2.75) is 13.8 Å². The quantitative estimate of drug-likeness (QED) is 0.470. The van der Waals surface area contributed by atoms with Crippen LogP contribution in [-0.2, 0) is 0 Å². The van der Waals surface area contributed by atoms with Gasteiger partial charge in [0.1, 0.15) is 11.0 Å². The van der Waals surface area contributed by atoms with Gasteiger partial charge in [-0.05, 0) is 37.1 Å². The van der Waals surface area contributed by atoms with Crippen molar-refractivity contribution in [1.82, 2.24) is 20.7 Å². The van der Waals surface area contributed by atoms with Gasteiger partial charge in [-0.1, -0.05) is 0 Å². The molecule has 18 heavy (non-hydrogen) atoms. The van der Waals surface area contributed by atoms with E-state index in [9.17, 15) is 0 Å². The zero-order chi connectivity index (χ0) is 12.3. The van der Waals surface area contributed by atoms with Crippen molar-refractivity contribution in [2.24, 2.45) is 0 Å². The second kappa shape index (κ2) is 3.04. The van der Waals surface area contributed by atoms with Gasteiger partial charge in [0.15, 0.2) is 11.2 Å². The Bertz CT molecular complexity index is 831. The van der Waals surface area contributed by atoms with E-state index < -0.39 is 0 Å². The lowest BCUT2D eigenvalue weighted by molar-refractivity contribution is 0.424. The molecule has 0 aliphatic carbocycles. The zero-order valence-corrected chi connectivity index (χ0v) is 9.76. The molecule has 0 amide bonds. The maximum atomic E-state index is 5.25. The third kappa shape index (κ3) is 1.02. The van der Waals surface area contributed by atoms with E-state index in [0.29, 0.717) is 11.2 Å². The minimum Gasteiger partial charge on any atom is -0.336 e. The Kier molecular flexibility index (Phi) is 1.61. The second-order valence-corrected chi connectivity index (χ2v) is 4.38.